The van der Waals surface area contributed by atoms with Crippen LogP contribution in [0.4, 0.5) is 4.39 Å². The van der Waals surface area contributed by atoms with Gasteiger partial charge in [-0.15, -0.1) is 0 Å². The Hall–Kier alpha value is -1.29. The lowest BCUT2D eigenvalue weighted by atomic mass is 10.1. The van der Waals surface area contributed by atoms with Crippen LogP contribution in [0.3, 0.4) is 0 Å². The average Bonchev–Trinajstić information content (AvgIpc) is 2.45. The van der Waals surface area contributed by atoms with Gasteiger partial charge in [-0.1, -0.05) is 23.2 Å². The Morgan fingerprint density at radius 2 is 1.85 bits per heavy atom. The lowest BCUT2D eigenvalue weighted by Crippen LogP contribution is -2.23. The number of likely N-dealkylation sites (N-methyl/N-ethyl adjacent to an activating group) is 1. The van der Waals surface area contributed by atoms with Crippen LogP contribution in [0.15, 0.2) is 42.5 Å². The van der Waals surface area contributed by atoms with Crippen molar-refractivity contribution in [1.29, 1.82) is 0 Å². The minimum Gasteiger partial charge on any atom is -0.492 e. The van der Waals surface area contributed by atoms with Crippen molar-refractivity contribution in [1.82, 2.24) is 5.32 Å². The van der Waals surface area contributed by atoms with Gasteiger partial charge in [0.25, 0.3) is 0 Å². The standard InChI is InChI=1S/C15H14Cl2FNO/c1-19-15(13-8-11(18)4-7-14(13)17)9-20-12-5-2-10(16)3-6-12/h2-8,15,19H,9H2,1H3. The van der Waals surface area contributed by atoms with Gasteiger partial charge in [0.05, 0.1) is 6.04 Å². The number of hydrogen-bond donors (Lipinski definition) is 1. The van der Waals surface area contributed by atoms with E-state index in [-0.39, 0.29) is 11.9 Å². The molecule has 0 bridgehead atoms. The highest BCUT2D eigenvalue weighted by Crippen LogP contribution is 2.25. The van der Waals surface area contributed by atoms with E-state index in [1.807, 2.05) is 0 Å². The van der Waals surface area contributed by atoms with Crippen molar-refractivity contribution in [3.05, 3.63) is 63.9 Å². The molecular weight excluding hydrogens is 300 g/mol. The Kier molecular flexibility index (Phi) is 5.24. The molecule has 2 rings (SSSR count). The molecular formula is C15H14Cl2FNO. The van der Waals surface area contributed by atoms with Gasteiger partial charge in [0, 0.05) is 10.0 Å². The summed E-state index contributed by atoms with van der Waals surface area (Å²) >= 11 is 11.9. The summed E-state index contributed by atoms with van der Waals surface area (Å²) in [5.41, 5.74) is 0.670. The minimum absolute atomic E-state index is 0.200. The average molecular weight is 314 g/mol. The molecule has 0 aliphatic heterocycles. The molecule has 1 atom stereocenters. The first-order valence-corrected chi connectivity index (χ1v) is 6.86. The third kappa shape index (κ3) is 3.85. The summed E-state index contributed by atoms with van der Waals surface area (Å²) in [7, 11) is 1.77. The molecule has 1 N–H and O–H groups in total. The summed E-state index contributed by atoms with van der Waals surface area (Å²) in [6, 6.07) is 11.1. The molecule has 2 nitrogen and oxygen atoms in total. The summed E-state index contributed by atoms with van der Waals surface area (Å²) in [5, 5.41) is 4.22. The van der Waals surface area contributed by atoms with Crippen molar-refractivity contribution >= 4 is 23.2 Å². The number of ether oxygens (including phenoxy) is 1. The lowest BCUT2D eigenvalue weighted by molar-refractivity contribution is 0.273. The van der Waals surface area contributed by atoms with E-state index in [1.165, 1.54) is 12.1 Å². The van der Waals surface area contributed by atoms with Crippen molar-refractivity contribution in [3.8, 4) is 5.75 Å². The molecule has 0 spiro atoms. The number of rotatable bonds is 5. The second-order valence-electron chi connectivity index (χ2n) is 4.27. The second kappa shape index (κ2) is 6.93. The van der Waals surface area contributed by atoms with Gasteiger partial charge in [-0.05, 0) is 55.1 Å². The van der Waals surface area contributed by atoms with Crippen LogP contribution in [0.25, 0.3) is 0 Å². The highest BCUT2D eigenvalue weighted by Gasteiger charge is 2.14. The van der Waals surface area contributed by atoms with E-state index in [0.29, 0.717) is 28.0 Å². The molecule has 0 saturated heterocycles. The molecule has 0 saturated carbocycles. The van der Waals surface area contributed by atoms with Crippen LogP contribution in [0.1, 0.15) is 11.6 Å². The molecule has 20 heavy (non-hydrogen) atoms. The molecule has 0 aliphatic rings. The van der Waals surface area contributed by atoms with Crippen LogP contribution < -0.4 is 10.1 Å². The molecule has 106 valence electrons. The fraction of sp³-hybridized carbons (Fsp3) is 0.200. The fourth-order valence-corrected chi connectivity index (χ4v) is 2.20. The van der Waals surface area contributed by atoms with Crippen LogP contribution in [0.2, 0.25) is 10.0 Å². The van der Waals surface area contributed by atoms with Gasteiger partial charge in [-0.2, -0.15) is 0 Å². The third-order valence-corrected chi connectivity index (χ3v) is 3.51. The Labute approximate surface area is 127 Å². The van der Waals surface area contributed by atoms with Gasteiger partial charge in [0.1, 0.15) is 18.2 Å². The number of halogens is 3. The molecule has 0 aromatic heterocycles. The molecule has 0 aliphatic carbocycles. The molecule has 1 unspecified atom stereocenters. The first kappa shape index (κ1) is 15.1. The zero-order valence-electron chi connectivity index (χ0n) is 10.9. The molecule has 2 aromatic carbocycles. The van der Waals surface area contributed by atoms with Crippen LogP contribution >= 0.6 is 23.2 Å². The van der Waals surface area contributed by atoms with Gasteiger partial charge >= 0.3 is 0 Å². The van der Waals surface area contributed by atoms with E-state index in [9.17, 15) is 4.39 Å². The number of hydrogen-bond acceptors (Lipinski definition) is 2. The zero-order valence-corrected chi connectivity index (χ0v) is 12.4. The van der Waals surface area contributed by atoms with Crippen LogP contribution in [0, 0.1) is 5.82 Å². The highest BCUT2D eigenvalue weighted by atomic mass is 35.5. The Balaban J connectivity index is 2.09. The predicted octanol–water partition coefficient (Wildman–Crippen LogP) is 4.47. The highest BCUT2D eigenvalue weighted by molar-refractivity contribution is 6.31. The fourth-order valence-electron chi connectivity index (χ4n) is 1.82. The van der Waals surface area contributed by atoms with Crippen molar-refractivity contribution in [2.75, 3.05) is 13.7 Å². The maximum atomic E-state index is 13.3. The Morgan fingerprint density at radius 3 is 2.50 bits per heavy atom. The Morgan fingerprint density at radius 1 is 1.15 bits per heavy atom. The monoisotopic (exact) mass is 313 g/mol. The van der Waals surface area contributed by atoms with Gasteiger partial charge in [-0.3, -0.25) is 0 Å². The molecule has 0 fully saturated rings. The van der Waals surface area contributed by atoms with Crippen molar-refractivity contribution in [2.24, 2.45) is 0 Å². The van der Waals surface area contributed by atoms with Crippen LogP contribution in [-0.2, 0) is 0 Å². The minimum atomic E-state index is -0.323. The van der Waals surface area contributed by atoms with E-state index >= 15 is 0 Å². The molecule has 0 amide bonds. The topological polar surface area (TPSA) is 21.3 Å². The van der Waals surface area contributed by atoms with Crippen LogP contribution in [0.5, 0.6) is 5.75 Å². The van der Waals surface area contributed by atoms with Crippen molar-refractivity contribution in [2.45, 2.75) is 6.04 Å². The summed E-state index contributed by atoms with van der Waals surface area (Å²) in [6.07, 6.45) is 0. The summed E-state index contributed by atoms with van der Waals surface area (Å²) in [6.45, 7) is 0.335. The first-order chi connectivity index (χ1) is 9.60. The van der Waals surface area contributed by atoms with E-state index in [0.717, 1.165) is 0 Å². The third-order valence-electron chi connectivity index (χ3n) is 2.91. The first-order valence-electron chi connectivity index (χ1n) is 6.10. The molecule has 0 heterocycles. The smallest absolute Gasteiger partial charge is 0.123 e. The van der Waals surface area contributed by atoms with E-state index in [4.69, 9.17) is 27.9 Å². The summed E-state index contributed by atoms with van der Waals surface area (Å²) < 4.78 is 19.0. The summed E-state index contributed by atoms with van der Waals surface area (Å²) in [4.78, 5) is 0. The van der Waals surface area contributed by atoms with Gasteiger partial charge in [-0.25, -0.2) is 4.39 Å². The predicted molar refractivity (Wildman–Crippen MR) is 80.2 cm³/mol. The maximum absolute atomic E-state index is 13.3. The molecule has 2 aromatic rings. The van der Waals surface area contributed by atoms with Crippen molar-refractivity contribution in [3.63, 3.8) is 0 Å². The maximum Gasteiger partial charge on any atom is 0.123 e. The van der Waals surface area contributed by atoms with Gasteiger partial charge in [0.15, 0.2) is 0 Å². The Bertz CT molecular complexity index is 575. The van der Waals surface area contributed by atoms with Crippen LogP contribution in [-0.4, -0.2) is 13.7 Å². The second-order valence-corrected chi connectivity index (χ2v) is 5.12. The quantitative estimate of drug-likeness (QED) is 0.879. The van der Waals surface area contributed by atoms with Crippen molar-refractivity contribution < 1.29 is 9.13 Å². The SMILES string of the molecule is CNC(COc1ccc(Cl)cc1)c1cc(F)ccc1Cl. The normalized spacial score (nSPS) is 12.2. The zero-order chi connectivity index (χ0) is 14.5. The summed E-state index contributed by atoms with van der Waals surface area (Å²) in [5.74, 6) is 0.373. The lowest BCUT2D eigenvalue weighted by Gasteiger charge is -2.18. The molecule has 5 heteroatoms. The number of nitrogens with one attached hydrogen (secondary N) is 1. The van der Waals surface area contributed by atoms with Gasteiger partial charge in [0.2, 0.25) is 0 Å². The van der Waals surface area contributed by atoms with E-state index in [2.05, 4.69) is 5.32 Å². The number of benzene rings is 2. The van der Waals surface area contributed by atoms with Gasteiger partial charge < -0.3 is 10.1 Å². The largest absolute Gasteiger partial charge is 0.492 e. The van der Waals surface area contributed by atoms with E-state index in [1.54, 1.807) is 37.4 Å². The van der Waals surface area contributed by atoms with E-state index < -0.39 is 0 Å². The molecule has 0 radical (unpaired) electrons.